The van der Waals surface area contributed by atoms with Crippen molar-refractivity contribution in [2.45, 2.75) is 70.9 Å². The van der Waals surface area contributed by atoms with Gasteiger partial charge in [0.25, 0.3) is 5.91 Å². The fourth-order valence-electron chi connectivity index (χ4n) is 4.94. The summed E-state index contributed by atoms with van der Waals surface area (Å²) in [6, 6.07) is 16.6. The summed E-state index contributed by atoms with van der Waals surface area (Å²) in [7, 11) is 0. The minimum Gasteiger partial charge on any atom is -0.489 e. The number of ether oxygens (including phenoxy) is 2. The van der Waals surface area contributed by atoms with E-state index in [1.165, 1.54) is 4.90 Å². The highest BCUT2D eigenvalue weighted by molar-refractivity contribution is 5.95. The summed E-state index contributed by atoms with van der Waals surface area (Å²) >= 11 is 0. The summed E-state index contributed by atoms with van der Waals surface area (Å²) < 4.78 is 43.2. The van der Waals surface area contributed by atoms with Crippen LogP contribution in [0.2, 0.25) is 0 Å². The van der Waals surface area contributed by atoms with Crippen molar-refractivity contribution in [3.05, 3.63) is 71.4 Å². The number of halogens is 3. The number of para-hydroxylation sites is 1. The van der Waals surface area contributed by atoms with Crippen LogP contribution >= 0.6 is 0 Å². The number of aryl methyl sites for hydroxylation is 1. The minimum absolute atomic E-state index is 0.0710. The molecule has 0 radical (unpaired) electrons. The summed E-state index contributed by atoms with van der Waals surface area (Å²) in [5.41, 5.74) is 3.07. The van der Waals surface area contributed by atoms with Crippen molar-refractivity contribution in [1.82, 2.24) is 20.7 Å². The van der Waals surface area contributed by atoms with Crippen LogP contribution < -0.4 is 15.5 Å². The number of hydroxylamine groups is 1. The van der Waals surface area contributed by atoms with Gasteiger partial charge in [0.05, 0.1) is 17.5 Å². The molecule has 12 nitrogen and oxygen atoms in total. The number of pyridine rings is 1. The average molecular weight is 663 g/mol. The van der Waals surface area contributed by atoms with Gasteiger partial charge in [0.1, 0.15) is 18.0 Å². The van der Waals surface area contributed by atoms with Crippen molar-refractivity contribution >= 4 is 34.8 Å². The van der Waals surface area contributed by atoms with E-state index in [-0.39, 0.29) is 13.0 Å². The number of rotatable bonds is 7. The van der Waals surface area contributed by atoms with E-state index in [4.69, 9.17) is 24.6 Å². The number of hydrogen-bond donors (Lipinski definition) is 4. The van der Waals surface area contributed by atoms with Crippen LogP contribution in [0.15, 0.2) is 54.6 Å². The molecule has 2 aromatic carbocycles. The largest absolute Gasteiger partial charge is 0.490 e. The highest BCUT2D eigenvalue weighted by Crippen LogP contribution is 2.28. The summed E-state index contributed by atoms with van der Waals surface area (Å²) in [6.45, 7) is 8.12. The maximum absolute atomic E-state index is 13.3. The van der Waals surface area contributed by atoms with E-state index in [0.717, 1.165) is 22.2 Å². The zero-order chi connectivity index (χ0) is 35.0. The number of aliphatic carboxylic acids is 1. The number of alkyl halides is 3. The second-order valence-corrected chi connectivity index (χ2v) is 12.0. The smallest absolute Gasteiger partial charge is 0.489 e. The van der Waals surface area contributed by atoms with Gasteiger partial charge in [-0.1, -0.05) is 18.2 Å². The number of nitrogens with one attached hydrogen (secondary N) is 2. The van der Waals surface area contributed by atoms with E-state index >= 15 is 0 Å². The zero-order valence-corrected chi connectivity index (χ0v) is 26.3. The molecular weight excluding hydrogens is 625 g/mol. The highest BCUT2D eigenvalue weighted by atomic mass is 19.4. The van der Waals surface area contributed by atoms with Gasteiger partial charge < -0.3 is 24.8 Å². The van der Waals surface area contributed by atoms with Crippen molar-refractivity contribution in [3.63, 3.8) is 0 Å². The van der Waals surface area contributed by atoms with E-state index in [9.17, 15) is 27.6 Å². The standard InChI is InChI=1S/C30H36N4O6.C2HF3O2/c1-20-16-22(24-8-5-6-9-25(24)31-20)18-39-23-12-10-21(11-13-23)27(36)32-30(17-26(35)33-38)14-7-15-34(19-30)28(37)40-29(2,3)4;3-2(4,5)1(6)7/h5-6,8-13,16,38H,7,14-15,17-19H2,1-4H3,(H,32,36)(H,33,35);(H,6,7). The van der Waals surface area contributed by atoms with Gasteiger partial charge in [-0.05, 0) is 76.9 Å². The molecule has 1 saturated heterocycles. The van der Waals surface area contributed by atoms with Crippen molar-refractivity contribution in [2.75, 3.05) is 13.1 Å². The van der Waals surface area contributed by atoms with Crippen LogP contribution in [0.3, 0.4) is 0 Å². The molecule has 1 fully saturated rings. The van der Waals surface area contributed by atoms with Gasteiger partial charge in [-0.25, -0.2) is 15.1 Å². The molecule has 47 heavy (non-hydrogen) atoms. The molecule has 3 amide bonds. The van der Waals surface area contributed by atoms with Gasteiger partial charge in [0.2, 0.25) is 5.91 Å². The molecule has 0 aliphatic carbocycles. The second kappa shape index (κ2) is 15.1. The summed E-state index contributed by atoms with van der Waals surface area (Å²) in [5, 5.41) is 20.3. The van der Waals surface area contributed by atoms with Crippen molar-refractivity contribution in [2.24, 2.45) is 0 Å². The number of nitrogens with zero attached hydrogens (tertiary/aromatic N) is 2. The molecule has 1 atom stereocenters. The lowest BCUT2D eigenvalue weighted by molar-refractivity contribution is -0.192. The van der Waals surface area contributed by atoms with E-state index in [0.29, 0.717) is 37.3 Å². The molecule has 4 rings (SSSR count). The van der Waals surface area contributed by atoms with Crippen molar-refractivity contribution in [3.8, 4) is 5.75 Å². The molecule has 1 aromatic heterocycles. The normalized spacial score (nSPS) is 16.4. The third kappa shape index (κ3) is 10.8. The minimum atomic E-state index is -5.08. The number of hydrogen-bond acceptors (Lipinski definition) is 8. The molecule has 4 N–H and O–H groups in total. The molecule has 2 heterocycles. The van der Waals surface area contributed by atoms with Crippen molar-refractivity contribution < 1.29 is 52.1 Å². The quantitative estimate of drug-likeness (QED) is 0.198. The first-order valence-electron chi connectivity index (χ1n) is 14.5. The van der Waals surface area contributed by atoms with Gasteiger partial charge in [0.15, 0.2) is 0 Å². The fraction of sp³-hybridized carbons (Fsp3) is 0.406. The number of carbonyl (C=O) groups is 4. The van der Waals surface area contributed by atoms with Gasteiger partial charge in [-0.3, -0.25) is 19.8 Å². The topological polar surface area (TPSA) is 167 Å². The predicted octanol–water partition coefficient (Wildman–Crippen LogP) is 5.15. The number of carbonyl (C=O) groups excluding carboxylic acids is 3. The Morgan fingerprint density at radius 2 is 1.68 bits per heavy atom. The first-order chi connectivity index (χ1) is 21.9. The number of carboxylic acids is 1. The Bertz CT molecular complexity index is 1590. The molecule has 15 heteroatoms. The summed E-state index contributed by atoms with van der Waals surface area (Å²) in [6.07, 6.45) is -4.80. The van der Waals surface area contributed by atoms with E-state index < -0.39 is 41.2 Å². The number of likely N-dealkylation sites (tertiary alicyclic amines) is 1. The lowest BCUT2D eigenvalue weighted by Gasteiger charge is -2.43. The van der Waals surface area contributed by atoms with Crippen LogP contribution in [-0.2, 0) is 20.9 Å². The SMILES string of the molecule is Cc1cc(COc2ccc(C(=O)NC3(CC(=O)NO)CCCN(C(=O)OC(C)(C)C)C3)cc2)c2ccccc2n1.O=C(O)C(F)(F)F. The van der Waals surface area contributed by atoms with Gasteiger partial charge in [-0.2, -0.15) is 13.2 Å². The maximum Gasteiger partial charge on any atom is 0.490 e. The first-order valence-corrected chi connectivity index (χ1v) is 14.5. The summed E-state index contributed by atoms with van der Waals surface area (Å²) in [4.78, 5) is 53.1. The summed E-state index contributed by atoms with van der Waals surface area (Å²) in [5.74, 6) is -3.22. The molecule has 0 bridgehead atoms. The Kier molecular flexibility index (Phi) is 11.8. The Labute approximate surface area is 268 Å². The Morgan fingerprint density at radius 3 is 2.28 bits per heavy atom. The Hall–Kier alpha value is -4.92. The molecule has 1 unspecified atom stereocenters. The van der Waals surface area contributed by atoms with Crippen LogP contribution in [0.5, 0.6) is 5.75 Å². The number of benzene rings is 2. The van der Waals surface area contributed by atoms with Crippen LogP contribution in [0, 0.1) is 6.92 Å². The highest BCUT2D eigenvalue weighted by Gasteiger charge is 2.41. The van der Waals surface area contributed by atoms with E-state index in [2.05, 4.69) is 10.3 Å². The van der Waals surface area contributed by atoms with Crippen molar-refractivity contribution in [1.29, 1.82) is 0 Å². The molecule has 3 aromatic rings. The molecule has 1 aliphatic rings. The van der Waals surface area contributed by atoms with E-state index in [1.54, 1.807) is 50.5 Å². The van der Waals surface area contributed by atoms with Gasteiger partial charge in [0, 0.05) is 35.3 Å². The third-order valence-corrected chi connectivity index (χ3v) is 6.91. The molecule has 0 saturated carbocycles. The third-order valence-electron chi connectivity index (χ3n) is 6.91. The molecule has 0 spiro atoms. The monoisotopic (exact) mass is 662 g/mol. The number of carboxylic acid groups (broad SMARTS) is 1. The molecule has 1 aliphatic heterocycles. The maximum atomic E-state index is 13.3. The Balaban J connectivity index is 0.000000771. The lowest BCUT2D eigenvalue weighted by atomic mass is 9.85. The number of fused-ring (bicyclic) bond motifs is 1. The number of piperidine rings is 1. The van der Waals surface area contributed by atoms with Crippen LogP contribution in [0.1, 0.15) is 61.6 Å². The van der Waals surface area contributed by atoms with Crippen LogP contribution in [0.4, 0.5) is 18.0 Å². The van der Waals surface area contributed by atoms with Gasteiger partial charge in [-0.15, -0.1) is 0 Å². The number of aromatic nitrogens is 1. The second-order valence-electron chi connectivity index (χ2n) is 12.0. The van der Waals surface area contributed by atoms with Crippen LogP contribution in [0.25, 0.3) is 10.9 Å². The Morgan fingerprint density at radius 1 is 1.04 bits per heavy atom. The first kappa shape index (κ1) is 36.5. The molecule has 254 valence electrons. The molecular formula is C32H37F3N4O8. The fourth-order valence-corrected chi connectivity index (χ4v) is 4.94. The van der Waals surface area contributed by atoms with Gasteiger partial charge >= 0.3 is 18.2 Å². The van der Waals surface area contributed by atoms with E-state index in [1.807, 2.05) is 37.3 Å². The average Bonchev–Trinajstić information content (AvgIpc) is 2.99. The lowest BCUT2D eigenvalue weighted by Crippen LogP contribution is -2.61. The number of amides is 3. The van der Waals surface area contributed by atoms with Crippen LogP contribution in [-0.4, -0.2) is 74.5 Å². The predicted molar refractivity (Wildman–Crippen MR) is 163 cm³/mol. The zero-order valence-electron chi connectivity index (χ0n) is 26.3.